The molecule has 1 amide bonds. The van der Waals surface area contributed by atoms with Crippen LogP contribution in [-0.2, 0) is 20.9 Å². The molecule has 0 aliphatic rings. The normalized spacial score (nSPS) is 13.5. The Bertz CT molecular complexity index is 536. The van der Waals surface area contributed by atoms with Crippen LogP contribution < -0.4 is 5.32 Å². The van der Waals surface area contributed by atoms with Crippen molar-refractivity contribution in [2.24, 2.45) is 5.92 Å². The molecular weight excluding hydrogens is 299 g/mol. The summed E-state index contributed by atoms with van der Waals surface area (Å²) < 4.78 is 18.3. The minimum atomic E-state index is -0.667. The number of nitrogens with one attached hydrogen (secondary N) is 1. The standard InChI is InChI=1S/C17H25FN2O3/c1-5-12(2)16(17(22)23-4)19-15(21)11-20(3)10-13-8-6-7-9-14(13)18/h6-9,12,16H,5,10-11H2,1-4H3,(H,19,21). The number of halogens is 1. The minimum absolute atomic E-state index is 0.0247. The first-order valence-corrected chi connectivity index (χ1v) is 7.68. The third kappa shape index (κ3) is 5.98. The topological polar surface area (TPSA) is 58.6 Å². The van der Waals surface area contributed by atoms with Crippen LogP contribution >= 0.6 is 0 Å². The van der Waals surface area contributed by atoms with Crippen LogP contribution in [0.3, 0.4) is 0 Å². The molecule has 2 atom stereocenters. The lowest BCUT2D eigenvalue weighted by molar-refractivity contribution is -0.146. The number of esters is 1. The van der Waals surface area contributed by atoms with Gasteiger partial charge in [0.25, 0.3) is 0 Å². The van der Waals surface area contributed by atoms with Crippen molar-refractivity contribution in [1.82, 2.24) is 10.2 Å². The van der Waals surface area contributed by atoms with E-state index < -0.39 is 12.0 Å². The molecule has 5 nitrogen and oxygen atoms in total. The van der Waals surface area contributed by atoms with Gasteiger partial charge >= 0.3 is 5.97 Å². The van der Waals surface area contributed by atoms with Gasteiger partial charge in [0.1, 0.15) is 11.9 Å². The van der Waals surface area contributed by atoms with E-state index in [0.717, 1.165) is 6.42 Å². The van der Waals surface area contributed by atoms with Crippen LogP contribution in [0.15, 0.2) is 24.3 Å². The molecule has 0 heterocycles. The van der Waals surface area contributed by atoms with Crippen molar-refractivity contribution in [3.8, 4) is 0 Å². The second kappa shape index (κ2) is 9.25. The van der Waals surface area contributed by atoms with E-state index in [9.17, 15) is 14.0 Å². The lowest BCUT2D eigenvalue weighted by Crippen LogP contribution is -2.48. The highest BCUT2D eigenvalue weighted by molar-refractivity contribution is 5.85. The summed E-state index contributed by atoms with van der Waals surface area (Å²) in [4.78, 5) is 25.6. The Hall–Kier alpha value is -1.95. The number of ether oxygens (including phenoxy) is 1. The lowest BCUT2D eigenvalue weighted by Gasteiger charge is -2.23. The lowest BCUT2D eigenvalue weighted by atomic mass is 9.99. The second-order valence-electron chi connectivity index (χ2n) is 5.72. The van der Waals surface area contributed by atoms with Crippen molar-refractivity contribution < 1.29 is 18.7 Å². The van der Waals surface area contributed by atoms with Crippen molar-refractivity contribution in [1.29, 1.82) is 0 Å². The summed E-state index contributed by atoms with van der Waals surface area (Å²) in [5.74, 6) is -1.07. The Morgan fingerprint density at radius 3 is 2.57 bits per heavy atom. The van der Waals surface area contributed by atoms with Crippen LogP contribution in [0.25, 0.3) is 0 Å². The molecule has 0 fully saturated rings. The van der Waals surface area contributed by atoms with Gasteiger partial charge in [-0.25, -0.2) is 9.18 Å². The number of rotatable bonds is 8. The third-order valence-corrected chi connectivity index (χ3v) is 3.80. The third-order valence-electron chi connectivity index (χ3n) is 3.80. The zero-order valence-electron chi connectivity index (χ0n) is 14.1. The zero-order chi connectivity index (χ0) is 17.4. The van der Waals surface area contributed by atoms with Crippen molar-refractivity contribution in [2.75, 3.05) is 20.7 Å². The predicted molar refractivity (Wildman–Crippen MR) is 86.1 cm³/mol. The number of carbonyl (C=O) groups is 2. The molecule has 0 saturated heterocycles. The van der Waals surface area contributed by atoms with Crippen molar-refractivity contribution >= 4 is 11.9 Å². The molecule has 1 aromatic carbocycles. The monoisotopic (exact) mass is 324 g/mol. The Kier molecular flexibility index (Phi) is 7.68. The van der Waals surface area contributed by atoms with Gasteiger partial charge in [-0.1, -0.05) is 38.5 Å². The van der Waals surface area contributed by atoms with Crippen LogP contribution in [0, 0.1) is 11.7 Å². The molecule has 6 heteroatoms. The molecule has 0 spiro atoms. The van der Waals surface area contributed by atoms with Crippen LogP contribution in [-0.4, -0.2) is 43.5 Å². The summed E-state index contributed by atoms with van der Waals surface area (Å²) in [5, 5.41) is 2.70. The number of benzene rings is 1. The van der Waals surface area contributed by atoms with Gasteiger partial charge in [0.05, 0.1) is 13.7 Å². The molecule has 0 aliphatic carbocycles. The summed E-state index contributed by atoms with van der Waals surface area (Å²) in [5.41, 5.74) is 0.522. The Morgan fingerprint density at radius 1 is 1.35 bits per heavy atom. The van der Waals surface area contributed by atoms with Gasteiger partial charge < -0.3 is 10.1 Å². The van der Waals surface area contributed by atoms with Gasteiger partial charge in [-0.2, -0.15) is 0 Å². The van der Waals surface area contributed by atoms with E-state index in [1.54, 1.807) is 30.1 Å². The fourth-order valence-corrected chi connectivity index (χ4v) is 2.23. The van der Waals surface area contributed by atoms with E-state index in [2.05, 4.69) is 5.32 Å². The molecule has 1 rings (SSSR count). The molecule has 0 aliphatic heterocycles. The molecule has 128 valence electrons. The highest BCUT2D eigenvalue weighted by atomic mass is 19.1. The van der Waals surface area contributed by atoms with Crippen LogP contribution in [0.1, 0.15) is 25.8 Å². The summed E-state index contributed by atoms with van der Waals surface area (Å²) in [6, 6.07) is 5.78. The second-order valence-corrected chi connectivity index (χ2v) is 5.72. The molecule has 0 radical (unpaired) electrons. The first kappa shape index (κ1) is 19.1. The van der Waals surface area contributed by atoms with Gasteiger partial charge in [0.15, 0.2) is 0 Å². The number of hydrogen-bond acceptors (Lipinski definition) is 4. The smallest absolute Gasteiger partial charge is 0.328 e. The highest BCUT2D eigenvalue weighted by Gasteiger charge is 2.26. The minimum Gasteiger partial charge on any atom is -0.467 e. The van der Waals surface area contributed by atoms with E-state index in [1.165, 1.54) is 13.2 Å². The number of methoxy groups -OCH3 is 1. The molecular formula is C17H25FN2O3. The molecule has 23 heavy (non-hydrogen) atoms. The van der Waals surface area contributed by atoms with Gasteiger partial charge in [0, 0.05) is 12.1 Å². The maximum atomic E-state index is 13.6. The summed E-state index contributed by atoms with van der Waals surface area (Å²) in [6.45, 7) is 4.20. The Labute approximate surface area is 136 Å². The molecule has 0 aromatic heterocycles. The van der Waals surface area contributed by atoms with E-state index in [0.29, 0.717) is 12.1 Å². The number of amides is 1. The SMILES string of the molecule is CCC(C)C(NC(=O)CN(C)Cc1ccccc1F)C(=O)OC. The largest absolute Gasteiger partial charge is 0.467 e. The first-order valence-electron chi connectivity index (χ1n) is 7.68. The van der Waals surface area contributed by atoms with E-state index >= 15 is 0 Å². The average Bonchev–Trinajstić information content (AvgIpc) is 2.53. The molecule has 2 unspecified atom stereocenters. The average molecular weight is 324 g/mol. The number of hydrogen-bond donors (Lipinski definition) is 1. The summed E-state index contributed by atoms with van der Waals surface area (Å²) in [7, 11) is 3.02. The number of likely N-dealkylation sites (N-methyl/N-ethyl adjacent to an activating group) is 1. The van der Waals surface area contributed by atoms with Gasteiger partial charge in [-0.05, 0) is 19.0 Å². The number of nitrogens with zero attached hydrogens (tertiary/aromatic N) is 1. The summed E-state index contributed by atoms with van der Waals surface area (Å²) in [6.07, 6.45) is 0.741. The first-order chi connectivity index (χ1) is 10.9. The Morgan fingerprint density at radius 2 is 2.00 bits per heavy atom. The van der Waals surface area contributed by atoms with E-state index in [1.807, 2.05) is 13.8 Å². The maximum absolute atomic E-state index is 13.6. The van der Waals surface area contributed by atoms with Crippen molar-refractivity contribution in [3.63, 3.8) is 0 Å². The van der Waals surface area contributed by atoms with Crippen LogP contribution in [0.2, 0.25) is 0 Å². The maximum Gasteiger partial charge on any atom is 0.328 e. The van der Waals surface area contributed by atoms with E-state index in [4.69, 9.17) is 4.74 Å². The van der Waals surface area contributed by atoms with Crippen molar-refractivity contribution in [2.45, 2.75) is 32.9 Å². The van der Waals surface area contributed by atoms with Crippen LogP contribution in [0.5, 0.6) is 0 Å². The molecule has 0 saturated carbocycles. The van der Waals surface area contributed by atoms with Gasteiger partial charge in [0.2, 0.25) is 5.91 Å². The van der Waals surface area contributed by atoms with Crippen molar-refractivity contribution in [3.05, 3.63) is 35.6 Å². The fraction of sp³-hybridized carbons (Fsp3) is 0.529. The Balaban J connectivity index is 2.60. The van der Waals surface area contributed by atoms with Crippen LogP contribution in [0.4, 0.5) is 4.39 Å². The fourth-order valence-electron chi connectivity index (χ4n) is 2.23. The molecule has 1 N–H and O–H groups in total. The molecule has 0 bridgehead atoms. The zero-order valence-corrected chi connectivity index (χ0v) is 14.1. The molecule has 1 aromatic rings. The van der Waals surface area contributed by atoms with Gasteiger partial charge in [-0.15, -0.1) is 0 Å². The summed E-state index contributed by atoms with van der Waals surface area (Å²) >= 11 is 0. The quantitative estimate of drug-likeness (QED) is 0.743. The number of carbonyl (C=O) groups excluding carboxylic acids is 2. The predicted octanol–water partition coefficient (Wildman–Crippen LogP) is 1.96. The highest BCUT2D eigenvalue weighted by Crippen LogP contribution is 2.10. The van der Waals surface area contributed by atoms with Gasteiger partial charge in [-0.3, -0.25) is 9.69 Å². The van der Waals surface area contributed by atoms with E-state index in [-0.39, 0.29) is 24.2 Å².